The Morgan fingerprint density at radius 2 is 1.91 bits per heavy atom. The van der Waals surface area contributed by atoms with Crippen molar-refractivity contribution in [1.29, 1.82) is 0 Å². The van der Waals surface area contributed by atoms with Crippen LogP contribution in [0.2, 0.25) is 0 Å². The molecule has 7 nitrogen and oxygen atoms in total. The van der Waals surface area contributed by atoms with Crippen LogP contribution in [-0.4, -0.2) is 40.4 Å². The molecule has 1 saturated carbocycles. The molecular formula is C26H23N3O4S. The lowest BCUT2D eigenvalue weighted by molar-refractivity contribution is 0.0667. The molecule has 34 heavy (non-hydrogen) atoms. The van der Waals surface area contributed by atoms with Crippen LogP contribution >= 0.6 is 11.8 Å². The SMILES string of the molecule is O=C1c2c(O)c(=O)ccn2N2CN1CC1C[C@@H]1COc1cccc3c1[C@@H]2c1ccccc1SC3. The predicted octanol–water partition coefficient (Wildman–Crippen LogP) is 3.33. The highest BCUT2D eigenvalue weighted by atomic mass is 32.2. The van der Waals surface area contributed by atoms with E-state index in [4.69, 9.17) is 4.74 Å². The van der Waals surface area contributed by atoms with Gasteiger partial charge in [-0.2, -0.15) is 0 Å². The Bertz CT molecular complexity index is 1400. The van der Waals surface area contributed by atoms with Crippen molar-refractivity contribution in [3.63, 3.8) is 0 Å². The Hall–Kier alpha value is -3.39. The first-order valence-corrected chi connectivity index (χ1v) is 12.6. The molecule has 4 heterocycles. The van der Waals surface area contributed by atoms with Gasteiger partial charge in [-0.15, -0.1) is 11.8 Å². The number of aromatic nitrogens is 1. The van der Waals surface area contributed by atoms with Crippen LogP contribution < -0.4 is 15.2 Å². The Morgan fingerprint density at radius 3 is 2.82 bits per heavy atom. The average Bonchev–Trinajstić information content (AvgIpc) is 3.61. The highest BCUT2D eigenvalue weighted by molar-refractivity contribution is 7.98. The fourth-order valence-electron chi connectivity index (χ4n) is 5.56. The maximum atomic E-state index is 13.5. The van der Waals surface area contributed by atoms with Crippen LogP contribution in [0, 0.1) is 11.8 Å². The van der Waals surface area contributed by atoms with Crippen LogP contribution in [-0.2, 0) is 5.75 Å². The summed E-state index contributed by atoms with van der Waals surface area (Å²) in [7, 11) is 0. The zero-order valence-electron chi connectivity index (χ0n) is 18.4. The van der Waals surface area contributed by atoms with Gasteiger partial charge in [0, 0.05) is 35.0 Å². The molecule has 3 aliphatic heterocycles. The van der Waals surface area contributed by atoms with Gasteiger partial charge in [0.25, 0.3) is 5.91 Å². The molecule has 3 aromatic rings. The second-order valence-corrected chi connectivity index (χ2v) is 10.5. The van der Waals surface area contributed by atoms with Crippen molar-refractivity contribution in [2.75, 3.05) is 24.8 Å². The topological polar surface area (TPSA) is 75.0 Å². The van der Waals surface area contributed by atoms with Crippen LogP contribution in [0.25, 0.3) is 0 Å². The van der Waals surface area contributed by atoms with E-state index in [1.807, 2.05) is 18.2 Å². The highest BCUT2D eigenvalue weighted by Crippen LogP contribution is 2.48. The van der Waals surface area contributed by atoms with Crippen LogP contribution in [0.15, 0.2) is 64.4 Å². The minimum atomic E-state index is -0.545. The van der Waals surface area contributed by atoms with E-state index in [9.17, 15) is 14.7 Å². The van der Waals surface area contributed by atoms with Crippen molar-refractivity contribution in [2.45, 2.75) is 23.1 Å². The number of amides is 1. The van der Waals surface area contributed by atoms with Gasteiger partial charge in [0.15, 0.2) is 11.4 Å². The van der Waals surface area contributed by atoms with E-state index >= 15 is 0 Å². The molecule has 1 unspecified atom stereocenters. The fourth-order valence-corrected chi connectivity index (χ4v) is 6.65. The minimum absolute atomic E-state index is 0.0320. The third-order valence-corrected chi connectivity index (χ3v) is 8.58. The number of carbonyl (C=O) groups is 1. The first-order valence-electron chi connectivity index (χ1n) is 11.6. The largest absolute Gasteiger partial charge is 0.502 e. The van der Waals surface area contributed by atoms with E-state index in [0.717, 1.165) is 29.1 Å². The quantitative estimate of drug-likeness (QED) is 0.540. The average molecular weight is 474 g/mol. The zero-order chi connectivity index (χ0) is 23.0. The molecule has 2 bridgehead atoms. The second-order valence-electron chi connectivity index (χ2n) is 9.46. The van der Waals surface area contributed by atoms with E-state index in [1.54, 1.807) is 27.5 Å². The maximum Gasteiger partial charge on any atom is 0.277 e. The van der Waals surface area contributed by atoms with E-state index in [1.165, 1.54) is 16.5 Å². The normalized spacial score (nSPS) is 24.5. The monoisotopic (exact) mass is 473 g/mol. The molecule has 7 rings (SSSR count). The maximum absolute atomic E-state index is 13.5. The highest BCUT2D eigenvalue weighted by Gasteiger charge is 2.45. The Kier molecular flexibility index (Phi) is 4.30. The van der Waals surface area contributed by atoms with Crippen LogP contribution in [0.4, 0.5) is 0 Å². The van der Waals surface area contributed by atoms with Gasteiger partial charge in [-0.25, -0.2) is 0 Å². The third kappa shape index (κ3) is 2.91. The fraction of sp³-hybridized carbons (Fsp3) is 0.308. The van der Waals surface area contributed by atoms with Gasteiger partial charge in [0.1, 0.15) is 18.5 Å². The molecule has 2 aromatic carbocycles. The number of fused-ring (bicyclic) bond motifs is 8. The molecule has 0 saturated heterocycles. The summed E-state index contributed by atoms with van der Waals surface area (Å²) in [4.78, 5) is 28.8. The molecule has 1 N–H and O–H groups in total. The second kappa shape index (κ2) is 7.30. The van der Waals surface area contributed by atoms with Crippen molar-refractivity contribution in [1.82, 2.24) is 9.58 Å². The molecule has 4 aliphatic rings. The van der Waals surface area contributed by atoms with Gasteiger partial charge < -0.3 is 14.7 Å². The molecule has 1 amide bonds. The van der Waals surface area contributed by atoms with E-state index in [-0.39, 0.29) is 17.6 Å². The summed E-state index contributed by atoms with van der Waals surface area (Å²) in [6.45, 7) is 1.56. The van der Waals surface area contributed by atoms with E-state index < -0.39 is 11.2 Å². The summed E-state index contributed by atoms with van der Waals surface area (Å²) in [5.41, 5.74) is 2.87. The van der Waals surface area contributed by atoms with Crippen molar-refractivity contribution in [3.05, 3.63) is 87.3 Å². The first kappa shape index (κ1) is 20.0. The molecule has 1 aromatic heterocycles. The number of aromatic hydroxyl groups is 1. The Morgan fingerprint density at radius 1 is 1.03 bits per heavy atom. The van der Waals surface area contributed by atoms with Crippen molar-refractivity contribution < 1.29 is 14.6 Å². The number of ether oxygens (including phenoxy) is 1. The van der Waals surface area contributed by atoms with Crippen molar-refractivity contribution in [3.8, 4) is 11.5 Å². The number of carbonyl (C=O) groups excluding carboxylic acids is 1. The summed E-state index contributed by atoms with van der Waals surface area (Å²) in [6.07, 6.45) is 2.62. The molecule has 0 spiro atoms. The van der Waals surface area contributed by atoms with Crippen LogP contribution in [0.1, 0.15) is 39.6 Å². The zero-order valence-corrected chi connectivity index (χ0v) is 19.2. The predicted molar refractivity (Wildman–Crippen MR) is 128 cm³/mol. The van der Waals surface area contributed by atoms with Crippen LogP contribution in [0.3, 0.4) is 0 Å². The van der Waals surface area contributed by atoms with Crippen LogP contribution in [0.5, 0.6) is 11.5 Å². The van der Waals surface area contributed by atoms with E-state index in [2.05, 4.69) is 29.3 Å². The summed E-state index contributed by atoms with van der Waals surface area (Å²) in [5.74, 6) is 1.63. The van der Waals surface area contributed by atoms with Gasteiger partial charge in [-0.3, -0.25) is 19.3 Å². The lowest BCUT2D eigenvalue weighted by Gasteiger charge is -2.44. The van der Waals surface area contributed by atoms with Gasteiger partial charge in [-0.05, 0) is 41.5 Å². The van der Waals surface area contributed by atoms with Gasteiger partial charge in [0.05, 0.1) is 6.61 Å². The van der Waals surface area contributed by atoms with Gasteiger partial charge in [-0.1, -0.05) is 30.3 Å². The number of hydrogen-bond acceptors (Lipinski definition) is 6. The van der Waals surface area contributed by atoms with Gasteiger partial charge in [0.2, 0.25) is 5.43 Å². The molecule has 0 radical (unpaired) electrons. The molecule has 1 fully saturated rings. The van der Waals surface area contributed by atoms with Gasteiger partial charge >= 0.3 is 0 Å². The number of rotatable bonds is 0. The summed E-state index contributed by atoms with van der Waals surface area (Å²) in [5, 5.41) is 12.8. The Labute approximate surface area is 200 Å². The molecule has 8 heteroatoms. The summed E-state index contributed by atoms with van der Waals surface area (Å²) in [6, 6.07) is 15.6. The number of pyridine rings is 1. The molecule has 172 valence electrons. The van der Waals surface area contributed by atoms with Crippen molar-refractivity contribution in [2.24, 2.45) is 11.8 Å². The number of nitrogens with zero attached hydrogens (tertiary/aromatic N) is 3. The molecule has 3 atom stereocenters. The van der Waals surface area contributed by atoms with Crippen molar-refractivity contribution >= 4 is 17.7 Å². The number of benzene rings is 2. The molecule has 1 aliphatic carbocycles. The Balaban J connectivity index is 1.53. The number of thioether (sulfide) groups is 1. The number of hydrogen-bond donors (Lipinski definition) is 1. The lowest BCUT2D eigenvalue weighted by atomic mass is 9.93. The van der Waals surface area contributed by atoms with E-state index in [0.29, 0.717) is 31.7 Å². The first-order chi connectivity index (χ1) is 16.6. The summed E-state index contributed by atoms with van der Waals surface area (Å²) < 4.78 is 8.13. The lowest BCUT2D eigenvalue weighted by Crippen LogP contribution is -2.56. The molecular weight excluding hydrogens is 450 g/mol. The standard InChI is InChI=1S/C26H23N3O4S/c30-19-8-9-28-24(25(19)31)26(32)27-11-16-10-17(16)12-33-20-6-3-4-15-13-34-21-7-2-1-5-18(21)23(22(15)20)29(28)14-27/h1-9,16-17,23,31H,10-14H2/t16?,17-,23+/m1/s1. The minimum Gasteiger partial charge on any atom is -0.502 e. The summed E-state index contributed by atoms with van der Waals surface area (Å²) >= 11 is 1.79. The third-order valence-electron chi connectivity index (χ3n) is 7.44. The smallest absolute Gasteiger partial charge is 0.277 e.